The van der Waals surface area contributed by atoms with Crippen molar-refractivity contribution in [1.29, 1.82) is 5.26 Å². The Morgan fingerprint density at radius 2 is 2.10 bits per heavy atom. The van der Waals surface area contributed by atoms with Gasteiger partial charge in [0.25, 0.3) is 0 Å². The molecule has 1 aromatic carbocycles. The molecule has 1 aromatic heterocycles. The summed E-state index contributed by atoms with van der Waals surface area (Å²) in [5.41, 5.74) is 2.45. The molecule has 1 heterocycles. The second-order valence-electron chi connectivity index (χ2n) is 4.55. The summed E-state index contributed by atoms with van der Waals surface area (Å²) in [4.78, 5) is 16.2. The first-order valence-corrected chi connectivity index (χ1v) is 6.36. The van der Waals surface area contributed by atoms with E-state index in [1.807, 2.05) is 37.3 Å². The summed E-state index contributed by atoms with van der Waals surface area (Å²) in [6, 6.07) is 15.1. The molecule has 0 saturated heterocycles. The van der Waals surface area contributed by atoms with Crippen molar-refractivity contribution < 1.29 is 4.79 Å². The van der Waals surface area contributed by atoms with Gasteiger partial charge in [0.05, 0.1) is 6.07 Å². The molecule has 4 nitrogen and oxygen atoms in total. The second-order valence-corrected chi connectivity index (χ2v) is 4.55. The monoisotopic (exact) mass is 265 g/mol. The third-order valence-electron chi connectivity index (χ3n) is 2.92. The van der Waals surface area contributed by atoms with Gasteiger partial charge in [-0.2, -0.15) is 5.26 Å². The summed E-state index contributed by atoms with van der Waals surface area (Å²) in [5, 5.41) is 11.9. The largest absolute Gasteiger partial charge is 0.325 e. The van der Waals surface area contributed by atoms with Crippen molar-refractivity contribution >= 4 is 11.6 Å². The minimum Gasteiger partial charge on any atom is -0.325 e. The highest BCUT2D eigenvalue weighted by atomic mass is 16.1. The number of aryl methyl sites for hydroxylation is 1. The van der Waals surface area contributed by atoms with E-state index in [1.165, 1.54) is 0 Å². The highest BCUT2D eigenvalue weighted by molar-refractivity contribution is 5.94. The molecule has 100 valence electrons. The number of amides is 1. The van der Waals surface area contributed by atoms with Gasteiger partial charge >= 0.3 is 0 Å². The second kappa shape index (κ2) is 6.48. The highest BCUT2D eigenvalue weighted by Crippen LogP contribution is 2.13. The van der Waals surface area contributed by atoms with Crippen LogP contribution in [0.5, 0.6) is 0 Å². The zero-order chi connectivity index (χ0) is 14.4. The average molecular weight is 265 g/mol. The van der Waals surface area contributed by atoms with Crippen LogP contribution in [0, 0.1) is 24.2 Å². The molecule has 2 aromatic rings. The molecule has 4 heteroatoms. The van der Waals surface area contributed by atoms with Gasteiger partial charge in [0.15, 0.2) is 0 Å². The lowest BCUT2D eigenvalue weighted by atomic mass is 10.00. The van der Waals surface area contributed by atoms with Gasteiger partial charge in [-0.05, 0) is 31.0 Å². The number of hydrogen-bond donors (Lipinski definition) is 1. The Morgan fingerprint density at radius 1 is 1.35 bits per heavy atom. The van der Waals surface area contributed by atoms with E-state index in [-0.39, 0.29) is 5.91 Å². The molecule has 0 aliphatic heterocycles. The highest BCUT2D eigenvalue weighted by Gasteiger charge is 2.18. The molecule has 0 saturated carbocycles. The smallest absolute Gasteiger partial charge is 0.242 e. The minimum absolute atomic E-state index is 0.290. The van der Waals surface area contributed by atoms with E-state index in [1.54, 1.807) is 18.3 Å². The number of benzene rings is 1. The number of rotatable bonds is 4. The van der Waals surface area contributed by atoms with E-state index in [0.717, 1.165) is 11.3 Å². The van der Waals surface area contributed by atoms with Gasteiger partial charge in [0.2, 0.25) is 5.91 Å². The van der Waals surface area contributed by atoms with Crippen LogP contribution in [0.1, 0.15) is 11.3 Å². The lowest BCUT2D eigenvalue weighted by Crippen LogP contribution is -2.23. The number of anilines is 1. The average Bonchev–Trinajstić information content (AvgIpc) is 2.45. The molecule has 1 atom stereocenters. The molecule has 1 N–H and O–H groups in total. The topological polar surface area (TPSA) is 65.8 Å². The maximum absolute atomic E-state index is 12.1. The molecule has 2 rings (SSSR count). The molecule has 20 heavy (non-hydrogen) atoms. The van der Waals surface area contributed by atoms with Crippen LogP contribution in [0.3, 0.4) is 0 Å². The van der Waals surface area contributed by atoms with Crippen LogP contribution in [-0.4, -0.2) is 10.9 Å². The summed E-state index contributed by atoms with van der Waals surface area (Å²) >= 11 is 0. The molecule has 1 unspecified atom stereocenters. The molecular weight excluding hydrogens is 250 g/mol. The first-order chi connectivity index (χ1) is 9.69. The van der Waals surface area contributed by atoms with Gasteiger partial charge in [0, 0.05) is 17.6 Å². The van der Waals surface area contributed by atoms with E-state index in [2.05, 4.69) is 16.4 Å². The third-order valence-corrected chi connectivity index (χ3v) is 2.92. The zero-order valence-corrected chi connectivity index (χ0v) is 11.2. The minimum atomic E-state index is -0.703. The number of nitriles is 1. The van der Waals surface area contributed by atoms with Crippen molar-refractivity contribution in [3.05, 3.63) is 59.9 Å². The van der Waals surface area contributed by atoms with Gasteiger partial charge < -0.3 is 5.32 Å². The SMILES string of the molecule is Cc1cc(NC(=O)C(C#N)Cc2ccccc2)ccn1. The van der Waals surface area contributed by atoms with Crippen molar-refractivity contribution in [1.82, 2.24) is 4.98 Å². The normalized spacial score (nSPS) is 11.4. The van der Waals surface area contributed by atoms with E-state index in [9.17, 15) is 4.79 Å². The third kappa shape index (κ3) is 3.66. The Kier molecular flexibility index (Phi) is 4.46. The van der Waals surface area contributed by atoms with E-state index >= 15 is 0 Å². The number of nitrogens with one attached hydrogen (secondary N) is 1. The Hall–Kier alpha value is -2.67. The first kappa shape index (κ1) is 13.8. The molecule has 0 radical (unpaired) electrons. The van der Waals surface area contributed by atoms with Crippen LogP contribution in [0.4, 0.5) is 5.69 Å². The molecule has 1 amide bonds. The fourth-order valence-corrected chi connectivity index (χ4v) is 1.90. The molecule has 0 aliphatic carbocycles. The predicted molar refractivity (Wildman–Crippen MR) is 76.9 cm³/mol. The maximum atomic E-state index is 12.1. The van der Waals surface area contributed by atoms with Gasteiger partial charge in [-0.15, -0.1) is 0 Å². The number of carbonyl (C=O) groups is 1. The van der Waals surface area contributed by atoms with Crippen LogP contribution in [-0.2, 0) is 11.2 Å². The fraction of sp³-hybridized carbons (Fsp3) is 0.188. The molecule has 0 spiro atoms. The summed E-state index contributed by atoms with van der Waals surface area (Å²) in [6.07, 6.45) is 2.04. The fourth-order valence-electron chi connectivity index (χ4n) is 1.90. The molecule has 0 fully saturated rings. The van der Waals surface area contributed by atoms with E-state index in [0.29, 0.717) is 12.1 Å². The summed E-state index contributed by atoms with van der Waals surface area (Å²) in [6.45, 7) is 1.85. The Balaban J connectivity index is 2.05. The van der Waals surface area contributed by atoms with Crippen molar-refractivity contribution in [2.75, 3.05) is 5.32 Å². The van der Waals surface area contributed by atoms with Crippen LogP contribution in [0.25, 0.3) is 0 Å². The number of aromatic nitrogens is 1. The Morgan fingerprint density at radius 3 is 2.75 bits per heavy atom. The van der Waals surface area contributed by atoms with E-state index < -0.39 is 5.92 Å². The van der Waals surface area contributed by atoms with Gasteiger partial charge in [-0.3, -0.25) is 9.78 Å². The summed E-state index contributed by atoms with van der Waals surface area (Å²) in [7, 11) is 0. The predicted octanol–water partition coefficient (Wildman–Crippen LogP) is 2.71. The van der Waals surface area contributed by atoms with Crippen molar-refractivity contribution in [3.63, 3.8) is 0 Å². The number of carbonyl (C=O) groups excluding carboxylic acids is 1. The van der Waals surface area contributed by atoms with Crippen molar-refractivity contribution in [2.45, 2.75) is 13.3 Å². The number of pyridine rings is 1. The van der Waals surface area contributed by atoms with Gasteiger partial charge in [0.1, 0.15) is 5.92 Å². The van der Waals surface area contributed by atoms with Crippen LogP contribution < -0.4 is 5.32 Å². The van der Waals surface area contributed by atoms with Crippen LogP contribution in [0.2, 0.25) is 0 Å². The lowest BCUT2D eigenvalue weighted by Gasteiger charge is -2.10. The number of hydrogen-bond acceptors (Lipinski definition) is 3. The van der Waals surface area contributed by atoms with Crippen molar-refractivity contribution in [3.8, 4) is 6.07 Å². The summed E-state index contributed by atoms with van der Waals surface area (Å²) < 4.78 is 0. The maximum Gasteiger partial charge on any atom is 0.242 e. The van der Waals surface area contributed by atoms with Crippen LogP contribution >= 0.6 is 0 Å². The van der Waals surface area contributed by atoms with E-state index in [4.69, 9.17) is 5.26 Å². The number of nitrogens with zero attached hydrogens (tertiary/aromatic N) is 2. The Labute approximate surface area is 118 Å². The Bertz CT molecular complexity index is 632. The van der Waals surface area contributed by atoms with Crippen LogP contribution in [0.15, 0.2) is 48.7 Å². The quantitative estimate of drug-likeness (QED) is 0.924. The molecule has 0 bridgehead atoms. The van der Waals surface area contributed by atoms with Gasteiger partial charge in [-0.25, -0.2) is 0 Å². The zero-order valence-electron chi connectivity index (χ0n) is 11.2. The van der Waals surface area contributed by atoms with Crippen molar-refractivity contribution in [2.24, 2.45) is 5.92 Å². The first-order valence-electron chi connectivity index (χ1n) is 6.36. The summed E-state index contributed by atoms with van der Waals surface area (Å²) in [5.74, 6) is -0.993. The molecule has 0 aliphatic rings. The lowest BCUT2D eigenvalue weighted by molar-refractivity contribution is -0.118. The standard InChI is InChI=1S/C16H15N3O/c1-12-9-15(7-8-18-12)19-16(20)14(11-17)10-13-5-3-2-4-6-13/h2-9,14H,10H2,1H3,(H,18,19,20). The van der Waals surface area contributed by atoms with Gasteiger partial charge in [-0.1, -0.05) is 30.3 Å². The molecular formula is C16H15N3O.